The van der Waals surface area contributed by atoms with Crippen molar-refractivity contribution in [3.05, 3.63) is 41.0 Å². The van der Waals surface area contributed by atoms with Gasteiger partial charge in [0, 0.05) is 26.1 Å². The lowest BCUT2D eigenvalue weighted by Crippen LogP contribution is -2.56. The summed E-state index contributed by atoms with van der Waals surface area (Å²) in [6.07, 6.45) is -0.607. The van der Waals surface area contributed by atoms with E-state index >= 15 is 0 Å². The monoisotopic (exact) mass is 472 g/mol. The van der Waals surface area contributed by atoms with E-state index in [0.717, 1.165) is 21.7 Å². The van der Waals surface area contributed by atoms with Crippen molar-refractivity contribution in [2.24, 2.45) is 0 Å². The summed E-state index contributed by atoms with van der Waals surface area (Å²) in [6.45, 7) is 4.66. The largest absolute Gasteiger partial charge is 0.391 e. The fourth-order valence-electron chi connectivity index (χ4n) is 4.28. The number of aryl methyl sites for hydroxylation is 1. The second kappa shape index (κ2) is 9.98. The summed E-state index contributed by atoms with van der Waals surface area (Å²) >= 11 is 1.59. The minimum atomic E-state index is -0.779. The standard InChI is InChI=1S/C23H28N4O5S/c1-14-21(33-13-25-14)17-5-3-16(4-6-17)10-24-22(30)19-9-18(28)11-27(19)23(31)15(2)26-7-8-32-12-20(26)29/h3-6,13,15,18-19,28H,7-12H2,1-2H3,(H,24,30)/t15?,18-,19+/m1/s1. The third kappa shape index (κ3) is 5.07. The maximum atomic E-state index is 13.1. The fraction of sp³-hybridized carbons (Fsp3) is 0.478. The minimum Gasteiger partial charge on any atom is -0.391 e. The average molecular weight is 473 g/mol. The Bertz CT molecular complexity index is 1020. The molecule has 2 fully saturated rings. The number of carbonyl (C=O) groups excluding carboxylic acids is 3. The Morgan fingerprint density at radius 1 is 1.33 bits per heavy atom. The molecule has 1 aromatic heterocycles. The highest BCUT2D eigenvalue weighted by atomic mass is 32.1. The van der Waals surface area contributed by atoms with Gasteiger partial charge in [-0.3, -0.25) is 14.4 Å². The van der Waals surface area contributed by atoms with E-state index in [9.17, 15) is 19.5 Å². The molecule has 1 unspecified atom stereocenters. The molecule has 2 saturated heterocycles. The number of hydrogen-bond donors (Lipinski definition) is 2. The summed E-state index contributed by atoms with van der Waals surface area (Å²) in [5.41, 5.74) is 4.81. The lowest BCUT2D eigenvalue weighted by molar-refractivity contribution is -0.154. The highest BCUT2D eigenvalue weighted by Gasteiger charge is 2.42. The fourth-order valence-corrected chi connectivity index (χ4v) is 5.09. The molecule has 33 heavy (non-hydrogen) atoms. The van der Waals surface area contributed by atoms with Gasteiger partial charge in [0.2, 0.25) is 17.7 Å². The predicted octanol–water partition coefficient (Wildman–Crippen LogP) is 0.944. The molecule has 2 aliphatic heterocycles. The highest BCUT2D eigenvalue weighted by Crippen LogP contribution is 2.27. The lowest BCUT2D eigenvalue weighted by Gasteiger charge is -2.35. The Labute approximate surface area is 196 Å². The van der Waals surface area contributed by atoms with Crippen LogP contribution in [0.2, 0.25) is 0 Å². The number of hydrogen-bond acceptors (Lipinski definition) is 7. The second-order valence-electron chi connectivity index (χ2n) is 8.39. The number of carbonyl (C=O) groups is 3. The van der Waals surface area contributed by atoms with Gasteiger partial charge in [0.1, 0.15) is 18.7 Å². The Hall–Kier alpha value is -2.82. The zero-order valence-electron chi connectivity index (χ0n) is 18.7. The van der Waals surface area contributed by atoms with Gasteiger partial charge < -0.3 is 25.0 Å². The first kappa shape index (κ1) is 23.3. The van der Waals surface area contributed by atoms with Crippen LogP contribution in [0.3, 0.4) is 0 Å². The van der Waals surface area contributed by atoms with Crippen LogP contribution in [0.4, 0.5) is 0 Å². The third-order valence-corrected chi connectivity index (χ3v) is 7.12. The second-order valence-corrected chi connectivity index (χ2v) is 9.25. The lowest BCUT2D eigenvalue weighted by atomic mass is 10.1. The van der Waals surface area contributed by atoms with Crippen LogP contribution >= 0.6 is 11.3 Å². The minimum absolute atomic E-state index is 0.0501. The molecular formula is C23H28N4O5S. The van der Waals surface area contributed by atoms with E-state index in [-0.39, 0.29) is 37.3 Å². The molecule has 0 bridgehead atoms. The van der Waals surface area contributed by atoms with Gasteiger partial charge in [-0.1, -0.05) is 24.3 Å². The number of morpholine rings is 1. The number of aliphatic hydroxyl groups excluding tert-OH is 1. The van der Waals surface area contributed by atoms with Crippen molar-refractivity contribution in [1.29, 1.82) is 0 Å². The third-order valence-electron chi connectivity index (χ3n) is 6.14. The molecule has 0 saturated carbocycles. The Morgan fingerprint density at radius 2 is 2.09 bits per heavy atom. The van der Waals surface area contributed by atoms with Gasteiger partial charge in [-0.15, -0.1) is 11.3 Å². The van der Waals surface area contributed by atoms with Crippen LogP contribution in [0, 0.1) is 6.92 Å². The molecule has 0 radical (unpaired) electrons. The maximum absolute atomic E-state index is 13.1. The summed E-state index contributed by atoms with van der Waals surface area (Å²) in [5.74, 6) is -0.908. The first-order valence-electron chi connectivity index (χ1n) is 11.0. The van der Waals surface area contributed by atoms with E-state index in [0.29, 0.717) is 19.7 Å². The SMILES string of the molecule is Cc1ncsc1-c1ccc(CNC(=O)[C@@H]2C[C@@H](O)CN2C(=O)C(C)N2CCOCC2=O)cc1. The topological polar surface area (TPSA) is 112 Å². The zero-order valence-corrected chi connectivity index (χ0v) is 19.5. The molecule has 9 nitrogen and oxygen atoms in total. The van der Waals surface area contributed by atoms with Crippen LogP contribution in [0.5, 0.6) is 0 Å². The average Bonchev–Trinajstić information content (AvgIpc) is 3.42. The van der Waals surface area contributed by atoms with Crippen molar-refractivity contribution in [1.82, 2.24) is 20.1 Å². The summed E-state index contributed by atoms with van der Waals surface area (Å²) in [4.78, 5) is 46.4. The number of likely N-dealkylation sites (tertiary alicyclic amines) is 1. The van der Waals surface area contributed by atoms with E-state index in [2.05, 4.69) is 10.3 Å². The summed E-state index contributed by atoms with van der Waals surface area (Å²) in [6, 6.07) is 6.41. The maximum Gasteiger partial charge on any atom is 0.249 e. The van der Waals surface area contributed by atoms with Crippen LogP contribution < -0.4 is 5.32 Å². The van der Waals surface area contributed by atoms with Crippen LogP contribution in [-0.4, -0.2) is 82.1 Å². The van der Waals surface area contributed by atoms with Crippen LogP contribution in [-0.2, 0) is 25.7 Å². The van der Waals surface area contributed by atoms with Crippen molar-refractivity contribution in [3.63, 3.8) is 0 Å². The number of aliphatic hydroxyl groups is 1. The van der Waals surface area contributed by atoms with Crippen molar-refractivity contribution >= 4 is 29.1 Å². The number of ether oxygens (including phenoxy) is 1. The molecule has 176 valence electrons. The van der Waals surface area contributed by atoms with Crippen molar-refractivity contribution in [3.8, 4) is 10.4 Å². The quantitative estimate of drug-likeness (QED) is 0.647. The molecule has 10 heteroatoms. The Morgan fingerprint density at radius 3 is 2.76 bits per heavy atom. The molecule has 0 spiro atoms. The van der Waals surface area contributed by atoms with E-state index < -0.39 is 18.2 Å². The molecule has 2 aliphatic rings. The molecule has 0 aliphatic carbocycles. The number of aromatic nitrogens is 1. The molecule has 4 rings (SSSR count). The van der Waals surface area contributed by atoms with Gasteiger partial charge in [-0.05, 0) is 25.0 Å². The van der Waals surface area contributed by atoms with E-state index in [1.165, 1.54) is 9.80 Å². The number of amides is 3. The van der Waals surface area contributed by atoms with Crippen molar-refractivity contribution in [2.75, 3.05) is 26.3 Å². The molecule has 2 N–H and O–H groups in total. The van der Waals surface area contributed by atoms with Crippen LogP contribution in [0.25, 0.3) is 10.4 Å². The van der Waals surface area contributed by atoms with Gasteiger partial charge in [-0.2, -0.15) is 0 Å². The molecule has 3 heterocycles. The first-order valence-corrected chi connectivity index (χ1v) is 11.9. The van der Waals surface area contributed by atoms with Crippen molar-refractivity contribution < 1.29 is 24.2 Å². The molecular weight excluding hydrogens is 444 g/mol. The highest BCUT2D eigenvalue weighted by molar-refractivity contribution is 7.13. The number of nitrogens with zero attached hydrogens (tertiary/aromatic N) is 3. The van der Waals surface area contributed by atoms with Crippen molar-refractivity contribution in [2.45, 2.75) is 45.0 Å². The van der Waals surface area contributed by atoms with Gasteiger partial charge in [0.15, 0.2) is 0 Å². The van der Waals surface area contributed by atoms with E-state index in [1.807, 2.05) is 36.7 Å². The van der Waals surface area contributed by atoms with E-state index in [4.69, 9.17) is 4.74 Å². The number of β-amino-alcohol motifs (C(OH)–C–C–N with tert-alkyl or cyclic N) is 1. The Balaban J connectivity index is 1.38. The molecule has 3 amide bonds. The number of rotatable bonds is 6. The normalized spacial score (nSPS) is 21.8. The van der Waals surface area contributed by atoms with Gasteiger partial charge in [-0.25, -0.2) is 4.98 Å². The van der Waals surface area contributed by atoms with Crippen LogP contribution in [0.1, 0.15) is 24.6 Å². The van der Waals surface area contributed by atoms with Gasteiger partial charge in [0.25, 0.3) is 0 Å². The summed E-state index contributed by atoms with van der Waals surface area (Å²) in [5, 5.41) is 13.0. The summed E-state index contributed by atoms with van der Waals surface area (Å²) in [7, 11) is 0. The molecule has 3 atom stereocenters. The predicted molar refractivity (Wildman–Crippen MR) is 122 cm³/mol. The van der Waals surface area contributed by atoms with Gasteiger partial charge in [0.05, 0.1) is 28.8 Å². The summed E-state index contributed by atoms with van der Waals surface area (Å²) < 4.78 is 5.13. The number of nitrogens with one attached hydrogen (secondary N) is 1. The van der Waals surface area contributed by atoms with Gasteiger partial charge >= 0.3 is 0 Å². The Kier molecular flexibility index (Phi) is 7.06. The first-order chi connectivity index (χ1) is 15.8. The molecule has 1 aromatic carbocycles. The van der Waals surface area contributed by atoms with E-state index in [1.54, 1.807) is 18.3 Å². The smallest absolute Gasteiger partial charge is 0.249 e. The molecule has 2 aromatic rings. The zero-order chi connectivity index (χ0) is 23.5. The van der Waals surface area contributed by atoms with Crippen LogP contribution in [0.15, 0.2) is 29.8 Å². The number of thiazole rings is 1. The number of benzene rings is 1.